The summed E-state index contributed by atoms with van der Waals surface area (Å²) in [5, 5.41) is 0. The molecule has 19 heavy (non-hydrogen) atoms. The lowest BCUT2D eigenvalue weighted by molar-refractivity contribution is -0.141. The molecule has 1 amide bonds. The van der Waals surface area contributed by atoms with E-state index >= 15 is 0 Å². The van der Waals surface area contributed by atoms with Crippen molar-refractivity contribution in [1.82, 2.24) is 14.9 Å². The van der Waals surface area contributed by atoms with Crippen LogP contribution < -0.4 is 10.6 Å². The highest BCUT2D eigenvalue weighted by Gasteiger charge is 2.27. The second kappa shape index (κ2) is 6.44. The fourth-order valence-electron chi connectivity index (χ4n) is 2.08. The van der Waals surface area contributed by atoms with E-state index in [1.807, 2.05) is 0 Å². The average molecular weight is 265 g/mol. The SMILES string of the molecule is COC(CN)C(=O)N1CCN(c2ncccn2)CC1. The number of nitrogens with zero attached hydrogens (tertiary/aromatic N) is 4. The molecule has 1 aliphatic rings. The first-order valence-electron chi connectivity index (χ1n) is 6.30. The molecule has 1 atom stereocenters. The first kappa shape index (κ1) is 13.7. The van der Waals surface area contributed by atoms with Crippen LogP contribution in [-0.4, -0.2) is 66.7 Å². The van der Waals surface area contributed by atoms with Crippen molar-refractivity contribution >= 4 is 11.9 Å². The summed E-state index contributed by atoms with van der Waals surface area (Å²) in [7, 11) is 1.50. The topological polar surface area (TPSA) is 84.6 Å². The van der Waals surface area contributed by atoms with Crippen LogP contribution in [0.2, 0.25) is 0 Å². The van der Waals surface area contributed by atoms with Gasteiger partial charge in [0.25, 0.3) is 5.91 Å². The molecule has 1 aromatic rings. The van der Waals surface area contributed by atoms with Crippen molar-refractivity contribution < 1.29 is 9.53 Å². The van der Waals surface area contributed by atoms with E-state index in [-0.39, 0.29) is 12.5 Å². The molecule has 0 aromatic carbocycles. The molecular formula is C12H19N5O2. The molecule has 1 aliphatic heterocycles. The van der Waals surface area contributed by atoms with Gasteiger partial charge >= 0.3 is 0 Å². The van der Waals surface area contributed by atoms with Crippen LogP contribution >= 0.6 is 0 Å². The maximum absolute atomic E-state index is 12.1. The predicted octanol–water partition coefficient (Wildman–Crippen LogP) is -0.901. The van der Waals surface area contributed by atoms with Crippen molar-refractivity contribution in [1.29, 1.82) is 0 Å². The van der Waals surface area contributed by atoms with E-state index < -0.39 is 6.10 Å². The summed E-state index contributed by atoms with van der Waals surface area (Å²) >= 11 is 0. The van der Waals surface area contributed by atoms with Crippen molar-refractivity contribution in [3.63, 3.8) is 0 Å². The summed E-state index contributed by atoms with van der Waals surface area (Å²) in [4.78, 5) is 24.3. The Balaban J connectivity index is 1.91. The summed E-state index contributed by atoms with van der Waals surface area (Å²) in [6.45, 7) is 2.92. The summed E-state index contributed by atoms with van der Waals surface area (Å²) in [5.74, 6) is 0.662. The lowest BCUT2D eigenvalue weighted by atomic mass is 10.2. The third-order valence-electron chi connectivity index (χ3n) is 3.20. The van der Waals surface area contributed by atoms with Gasteiger partial charge in [0.2, 0.25) is 5.95 Å². The molecule has 0 saturated carbocycles. The third-order valence-corrected chi connectivity index (χ3v) is 3.20. The highest BCUT2D eigenvalue weighted by atomic mass is 16.5. The molecule has 2 rings (SSSR count). The van der Waals surface area contributed by atoms with E-state index in [0.29, 0.717) is 19.0 Å². The zero-order chi connectivity index (χ0) is 13.7. The van der Waals surface area contributed by atoms with Gasteiger partial charge in [0.05, 0.1) is 0 Å². The molecule has 1 aromatic heterocycles. The molecule has 1 unspecified atom stereocenters. The number of amides is 1. The van der Waals surface area contributed by atoms with Gasteiger partial charge in [0, 0.05) is 52.2 Å². The summed E-state index contributed by atoms with van der Waals surface area (Å²) in [5.41, 5.74) is 5.51. The number of nitrogens with two attached hydrogens (primary N) is 1. The normalized spacial score (nSPS) is 17.4. The molecule has 0 radical (unpaired) electrons. The van der Waals surface area contributed by atoms with Gasteiger partial charge in [-0.05, 0) is 6.07 Å². The minimum Gasteiger partial charge on any atom is -0.370 e. The molecule has 0 spiro atoms. The molecule has 2 N–H and O–H groups in total. The van der Waals surface area contributed by atoms with Gasteiger partial charge in [-0.15, -0.1) is 0 Å². The Bertz CT molecular complexity index is 402. The Hall–Kier alpha value is -1.73. The number of anilines is 1. The van der Waals surface area contributed by atoms with Crippen LogP contribution in [-0.2, 0) is 9.53 Å². The lowest BCUT2D eigenvalue weighted by Crippen LogP contribution is -2.53. The summed E-state index contributed by atoms with van der Waals surface area (Å²) in [6.07, 6.45) is 2.89. The number of piperazine rings is 1. The standard InChI is InChI=1S/C12H19N5O2/c1-19-10(9-13)11(18)16-5-7-17(8-6-16)12-14-3-2-4-15-12/h2-4,10H,5-9,13H2,1H3. The number of hydrogen-bond donors (Lipinski definition) is 1. The predicted molar refractivity (Wildman–Crippen MR) is 70.7 cm³/mol. The Labute approximate surface area is 112 Å². The second-order valence-corrected chi connectivity index (χ2v) is 4.32. The van der Waals surface area contributed by atoms with Crippen LogP contribution in [0, 0.1) is 0 Å². The van der Waals surface area contributed by atoms with Gasteiger partial charge in [-0.3, -0.25) is 4.79 Å². The van der Waals surface area contributed by atoms with Gasteiger partial charge in [-0.25, -0.2) is 9.97 Å². The minimum absolute atomic E-state index is 0.0429. The van der Waals surface area contributed by atoms with E-state index in [1.54, 1.807) is 23.4 Å². The van der Waals surface area contributed by atoms with Gasteiger partial charge in [0.1, 0.15) is 6.10 Å². The molecule has 7 heteroatoms. The largest absolute Gasteiger partial charge is 0.370 e. The Kier molecular flexibility index (Phi) is 4.64. The Morgan fingerprint density at radius 2 is 2.00 bits per heavy atom. The third kappa shape index (κ3) is 3.18. The van der Waals surface area contributed by atoms with E-state index in [4.69, 9.17) is 10.5 Å². The zero-order valence-electron chi connectivity index (χ0n) is 11.0. The molecule has 1 saturated heterocycles. The average Bonchev–Trinajstić information content (AvgIpc) is 2.49. The van der Waals surface area contributed by atoms with Crippen LogP contribution in [0.3, 0.4) is 0 Å². The fourth-order valence-corrected chi connectivity index (χ4v) is 2.08. The van der Waals surface area contributed by atoms with E-state index in [2.05, 4.69) is 14.9 Å². The monoisotopic (exact) mass is 265 g/mol. The van der Waals surface area contributed by atoms with Gasteiger partial charge in [0.15, 0.2) is 0 Å². The maximum atomic E-state index is 12.1. The number of aromatic nitrogens is 2. The molecule has 2 heterocycles. The van der Waals surface area contributed by atoms with Gasteiger partial charge < -0.3 is 20.3 Å². The summed E-state index contributed by atoms with van der Waals surface area (Å²) < 4.78 is 5.07. The number of carbonyl (C=O) groups excluding carboxylic acids is 1. The smallest absolute Gasteiger partial charge is 0.253 e. The molecular weight excluding hydrogens is 246 g/mol. The van der Waals surface area contributed by atoms with Crippen molar-refractivity contribution in [3.05, 3.63) is 18.5 Å². The quantitative estimate of drug-likeness (QED) is 0.759. The zero-order valence-corrected chi connectivity index (χ0v) is 11.0. The van der Waals surface area contributed by atoms with E-state index in [1.165, 1.54) is 7.11 Å². The highest BCUT2D eigenvalue weighted by Crippen LogP contribution is 2.10. The number of ether oxygens (including phenoxy) is 1. The molecule has 7 nitrogen and oxygen atoms in total. The number of methoxy groups -OCH3 is 1. The molecule has 1 fully saturated rings. The minimum atomic E-state index is -0.542. The van der Waals surface area contributed by atoms with Crippen LogP contribution in [0.4, 0.5) is 5.95 Å². The van der Waals surface area contributed by atoms with Crippen LogP contribution in [0.25, 0.3) is 0 Å². The van der Waals surface area contributed by atoms with Gasteiger partial charge in [-0.1, -0.05) is 0 Å². The highest BCUT2D eigenvalue weighted by molar-refractivity contribution is 5.81. The Morgan fingerprint density at radius 3 is 2.53 bits per heavy atom. The number of carbonyl (C=O) groups is 1. The van der Waals surface area contributed by atoms with Gasteiger partial charge in [-0.2, -0.15) is 0 Å². The lowest BCUT2D eigenvalue weighted by Gasteiger charge is -2.35. The molecule has 104 valence electrons. The van der Waals surface area contributed by atoms with Crippen LogP contribution in [0.5, 0.6) is 0 Å². The fraction of sp³-hybridized carbons (Fsp3) is 0.583. The molecule has 0 bridgehead atoms. The number of hydrogen-bond acceptors (Lipinski definition) is 6. The van der Waals surface area contributed by atoms with Crippen molar-refractivity contribution in [2.24, 2.45) is 5.73 Å². The first-order valence-corrected chi connectivity index (χ1v) is 6.30. The van der Waals surface area contributed by atoms with E-state index in [0.717, 1.165) is 13.1 Å². The Morgan fingerprint density at radius 1 is 1.37 bits per heavy atom. The van der Waals surface area contributed by atoms with Crippen LogP contribution in [0.1, 0.15) is 0 Å². The summed E-state index contributed by atoms with van der Waals surface area (Å²) in [6, 6.07) is 1.79. The first-order chi connectivity index (χ1) is 9.26. The number of rotatable bonds is 4. The van der Waals surface area contributed by atoms with Crippen molar-refractivity contribution in [2.45, 2.75) is 6.10 Å². The van der Waals surface area contributed by atoms with Crippen LogP contribution in [0.15, 0.2) is 18.5 Å². The van der Waals surface area contributed by atoms with Crippen molar-refractivity contribution in [3.8, 4) is 0 Å². The van der Waals surface area contributed by atoms with Crippen molar-refractivity contribution in [2.75, 3.05) is 44.7 Å². The maximum Gasteiger partial charge on any atom is 0.253 e. The van der Waals surface area contributed by atoms with E-state index in [9.17, 15) is 4.79 Å². The second-order valence-electron chi connectivity index (χ2n) is 4.32. The molecule has 0 aliphatic carbocycles.